The second-order valence-electron chi connectivity index (χ2n) is 3.75. The van der Waals surface area contributed by atoms with Gasteiger partial charge in [-0.3, -0.25) is 9.59 Å². The van der Waals surface area contributed by atoms with Crippen LogP contribution in [0.2, 0.25) is 0 Å². The summed E-state index contributed by atoms with van der Waals surface area (Å²) in [5.41, 5.74) is -3.03. The molecule has 1 aromatic heterocycles. The van der Waals surface area contributed by atoms with E-state index in [4.69, 9.17) is 0 Å². The summed E-state index contributed by atoms with van der Waals surface area (Å²) in [6, 6.07) is 0. The van der Waals surface area contributed by atoms with E-state index in [2.05, 4.69) is 0 Å². The summed E-state index contributed by atoms with van der Waals surface area (Å²) in [7, 11) is 2.56. The Balaban J connectivity index is 3.60. The third-order valence-corrected chi connectivity index (χ3v) is 2.17. The number of halogens is 3. The van der Waals surface area contributed by atoms with Gasteiger partial charge in [-0.05, 0) is 6.92 Å². The molecule has 1 heterocycles. The molecule has 1 N–H and O–H groups in total. The van der Waals surface area contributed by atoms with Gasteiger partial charge in [0.05, 0.1) is 0 Å². The highest BCUT2D eigenvalue weighted by molar-refractivity contribution is 5.95. The molecule has 0 saturated heterocycles. The zero-order valence-electron chi connectivity index (χ0n) is 9.47. The maximum Gasteiger partial charge on any atom is 0.432 e. The summed E-state index contributed by atoms with van der Waals surface area (Å²) in [5.74, 6) is -0.970. The SMILES string of the molecule is Cc1c[nH]c(C(F)(F)F)c(C(=O)N(C)C)c1=O. The van der Waals surface area contributed by atoms with Crippen LogP contribution in [0.4, 0.5) is 13.2 Å². The van der Waals surface area contributed by atoms with Crippen LogP contribution >= 0.6 is 0 Å². The van der Waals surface area contributed by atoms with E-state index in [-0.39, 0.29) is 5.56 Å². The van der Waals surface area contributed by atoms with Crippen LogP contribution < -0.4 is 5.43 Å². The minimum absolute atomic E-state index is 0.0585. The Morgan fingerprint density at radius 3 is 2.29 bits per heavy atom. The van der Waals surface area contributed by atoms with Crippen LogP contribution in [-0.4, -0.2) is 29.9 Å². The largest absolute Gasteiger partial charge is 0.432 e. The van der Waals surface area contributed by atoms with Crippen molar-refractivity contribution in [2.24, 2.45) is 0 Å². The molecule has 0 aromatic carbocycles. The normalized spacial score (nSPS) is 11.4. The number of carbonyl (C=O) groups excluding carboxylic acids is 1. The van der Waals surface area contributed by atoms with Crippen molar-refractivity contribution < 1.29 is 18.0 Å². The van der Waals surface area contributed by atoms with Crippen LogP contribution in [0.15, 0.2) is 11.0 Å². The van der Waals surface area contributed by atoms with Crippen molar-refractivity contribution in [2.75, 3.05) is 14.1 Å². The van der Waals surface area contributed by atoms with Gasteiger partial charge in [-0.1, -0.05) is 0 Å². The fourth-order valence-electron chi connectivity index (χ4n) is 1.28. The van der Waals surface area contributed by atoms with Crippen molar-refractivity contribution in [3.63, 3.8) is 0 Å². The van der Waals surface area contributed by atoms with E-state index < -0.39 is 28.8 Å². The smallest absolute Gasteiger partial charge is 0.357 e. The number of aryl methyl sites for hydroxylation is 1. The van der Waals surface area contributed by atoms with E-state index in [9.17, 15) is 22.8 Å². The summed E-state index contributed by atoms with van der Waals surface area (Å²) in [5, 5.41) is 0. The van der Waals surface area contributed by atoms with Crippen LogP contribution in [0.1, 0.15) is 21.6 Å². The fourth-order valence-corrected chi connectivity index (χ4v) is 1.28. The molecule has 0 saturated carbocycles. The molecule has 0 aliphatic heterocycles. The lowest BCUT2D eigenvalue weighted by atomic mass is 10.1. The van der Waals surface area contributed by atoms with Gasteiger partial charge in [0, 0.05) is 25.9 Å². The highest BCUT2D eigenvalue weighted by Crippen LogP contribution is 2.29. The van der Waals surface area contributed by atoms with E-state index in [1.165, 1.54) is 21.0 Å². The van der Waals surface area contributed by atoms with Gasteiger partial charge in [-0.15, -0.1) is 0 Å². The standard InChI is InChI=1S/C10H11F3N2O2/c1-5-4-14-8(10(11,12)13)6(7(5)16)9(17)15(2)3/h4H,1-3H3,(H,14,16). The van der Waals surface area contributed by atoms with Gasteiger partial charge in [0.2, 0.25) is 0 Å². The Bertz CT molecular complexity index is 503. The molecule has 4 nitrogen and oxygen atoms in total. The Morgan fingerprint density at radius 1 is 1.35 bits per heavy atom. The number of nitrogens with one attached hydrogen (secondary N) is 1. The summed E-state index contributed by atoms with van der Waals surface area (Å²) in [6.07, 6.45) is -3.83. The first-order valence-corrected chi connectivity index (χ1v) is 4.67. The monoisotopic (exact) mass is 248 g/mol. The summed E-state index contributed by atoms with van der Waals surface area (Å²) < 4.78 is 37.9. The average Bonchev–Trinajstić information content (AvgIpc) is 2.19. The van der Waals surface area contributed by atoms with Crippen molar-refractivity contribution in [1.82, 2.24) is 9.88 Å². The molecule has 1 amide bonds. The number of nitrogens with zero attached hydrogens (tertiary/aromatic N) is 1. The van der Waals surface area contributed by atoms with Crippen molar-refractivity contribution in [3.05, 3.63) is 33.2 Å². The molecule has 0 radical (unpaired) electrons. The van der Waals surface area contributed by atoms with Crippen LogP contribution in [-0.2, 0) is 6.18 Å². The van der Waals surface area contributed by atoms with Crippen LogP contribution in [0.25, 0.3) is 0 Å². The zero-order chi connectivity index (χ0) is 13.4. The lowest BCUT2D eigenvalue weighted by molar-refractivity contribution is -0.141. The zero-order valence-corrected chi connectivity index (χ0v) is 9.47. The molecule has 17 heavy (non-hydrogen) atoms. The Kier molecular flexibility index (Phi) is 3.30. The van der Waals surface area contributed by atoms with Gasteiger partial charge >= 0.3 is 6.18 Å². The van der Waals surface area contributed by atoms with Crippen molar-refractivity contribution in [1.29, 1.82) is 0 Å². The molecule has 1 aromatic rings. The average molecular weight is 248 g/mol. The minimum atomic E-state index is -4.77. The molecule has 7 heteroatoms. The predicted octanol–water partition coefficient (Wildman–Crippen LogP) is 1.40. The molecule has 0 bridgehead atoms. The lowest BCUT2D eigenvalue weighted by Crippen LogP contribution is -2.33. The topological polar surface area (TPSA) is 53.2 Å². The van der Waals surface area contributed by atoms with E-state index in [0.29, 0.717) is 0 Å². The number of aromatic nitrogens is 1. The Morgan fingerprint density at radius 2 is 1.88 bits per heavy atom. The molecule has 0 spiro atoms. The first-order chi connectivity index (χ1) is 7.66. The van der Waals surface area contributed by atoms with Gasteiger partial charge in [0.25, 0.3) is 5.91 Å². The van der Waals surface area contributed by atoms with E-state index in [0.717, 1.165) is 11.1 Å². The van der Waals surface area contributed by atoms with Gasteiger partial charge in [-0.25, -0.2) is 0 Å². The number of carbonyl (C=O) groups is 1. The number of hydrogen-bond acceptors (Lipinski definition) is 2. The molecule has 0 aliphatic carbocycles. The maximum atomic E-state index is 12.6. The Hall–Kier alpha value is -1.79. The summed E-state index contributed by atoms with van der Waals surface area (Å²) >= 11 is 0. The Labute approximate surface area is 95.1 Å². The fraction of sp³-hybridized carbons (Fsp3) is 0.400. The molecule has 0 unspecified atom stereocenters. The predicted molar refractivity (Wildman–Crippen MR) is 54.8 cm³/mol. The van der Waals surface area contributed by atoms with Gasteiger partial charge in [0.1, 0.15) is 11.3 Å². The quantitative estimate of drug-likeness (QED) is 0.816. The number of amides is 1. The van der Waals surface area contributed by atoms with Gasteiger partial charge in [0.15, 0.2) is 5.43 Å². The highest BCUT2D eigenvalue weighted by atomic mass is 19.4. The van der Waals surface area contributed by atoms with Gasteiger partial charge < -0.3 is 9.88 Å². The molecule has 0 atom stereocenters. The first kappa shape index (κ1) is 13.3. The third kappa shape index (κ3) is 2.48. The van der Waals surface area contributed by atoms with Crippen molar-refractivity contribution in [2.45, 2.75) is 13.1 Å². The molecule has 0 aliphatic rings. The molecular formula is C10H11F3N2O2. The van der Waals surface area contributed by atoms with E-state index >= 15 is 0 Å². The van der Waals surface area contributed by atoms with Crippen molar-refractivity contribution >= 4 is 5.91 Å². The first-order valence-electron chi connectivity index (χ1n) is 4.67. The number of pyridine rings is 1. The number of alkyl halides is 3. The summed E-state index contributed by atoms with van der Waals surface area (Å²) in [6.45, 7) is 1.34. The van der Waals surface area contributed by atoms with Crippen LogP contribution in [0.5, 0.6) is 0 Å². The highest BCUT2D eigenvalue weighted by Gasteiger charge is 2.38. The van der Waals surface area contributed by atoms with E-state index in [1.54, 1.807) is 0 Å². The molecular weight excluding hydrogens is 237 g/mol. The maximum absolute atomic E-state index is 12.6. The molecule has 1 rings (SSSR count). The minimum Gasteiger partial charge on any atom is -0.357 e. The lowest BCUT2D eigenvalue weighted by Gasteiger charge is -2.15. The van der Waals surface area contributed by atoms with Crippen molar-refractivity contribution in [3.8, 4) is 0 Å². The second-order valence-corrected chi connectivity index (χ2v) is 3.75. The van der Waals surface area contributed by atoms with Crippen LogP contribution in [0.3, 0.4) is 0 Å². The van der Waals surface area contributed by atoms with Gasteiger partial charge in [-0.2, -0.15) is 13.2 Å². The number of hydrogen-bond donors (Lipinski definition) is 1. The van der Waals surface area contributed by atoms with Crippen LogP contribution in [0, 0.1) is 6.92 Å². The van der Waals surface area contributed by atoms with E-state index in [1.807, 2.05) is 4.98 Å². The third-order valence-electron chi connectivity index (χ3n) is 2.17. The number of rotatable bonds is 1. The summed E-state index contributed by atoms with van der Waals surface area (Å²) in [4.78, 5) is 26.1. The molecule has 94 valence electrons. The number of aromatic amines is 1. The second kappa shape index (κ2) is 4.23. The number of H-pyrrole nitrogens is 1. The molecule has 0 fully saturated rings.